The van der Waals surface area contributed by atoms with Gasteiger partial charge >= 0.3 is 0 Å². The summed E-state index contributed by atoms with van der Waals surface area (Å²) in [5.74, 6) is -1.96. The molecule has 0 spiro atoms. The maximum absolute atomic E-state index is 13.7. The van der Waals surface area contributed by atoms with Gasteiger partial charge in [-0.3, -0.25) is 4.79 Å². The summed E-state index contributed by atoms with van der Waals surface area (Å²) < 4.78 is 26.6. The molecule has 0 atom stereocenters. The number of halogens is 2. The minimum absolute atomic E-state index is 0.0532. The molecule has 0 unspecified atom stereocenters. The second kappa shape index (κ2) is 7.26. The summed E-state index contributed by atoms with van der Waals surface area (Å²) in [6.07, 6.45) is 1.43. The first-order valence-electron chi connectivity index (χ1n) is 7.87. The van der Waals surface area contributed by atoms with Crippen molar-refractivity contribution in [3.63, 3.8) is 0 Å². The van der Waals surface area contributed by atoms with Crippen LogP contribution in [0.25, 0.3) is 0 Å². The van der Waals surface area contributed by atoms with Crippen LogP contribution in [0.4, 0.5) is 26.1 Å². The Morgan fingerprint density at radius 3 is 2.46 bits per heavy atom. The van der Waals surface area contributed by atoms with E-state index in [0.717, 1.165) is 28.9 Å². The quantitative estimate of drug-likeness (QED) is 0.730. The molecule has 1 amide bonds. The van der Waals surface area contributed by atoms with Crippen molar-refractivity contribution in [3.05, 3.63) is 77.1 Å². The second-order valence-electron chi connectivity index (χ2n) is 5.74. The van der Waals surface area contributed by atoms with E-state index in [2.05, 4.69) is 20.6 Å². The van der Waals surface area contributed by atoms with Crippen LogP contribution in [0.3, 0.4) is 0 Å². The molecular weight excluding hydrogens is 338 g/mol. The van der Waals surface area contributed by atoms with Crippen LogP contribution in [-0.2, 0) is 0 Å². The number of nitrogens with one attached hydrogen (secondary N) is 2. The number of carbonyl (C=O) groups is 1. The zero-order chi connectivity index (χ0) is 18.7. The number of amides is 1. The van der Waals surface area contributed by atoms with Gasteiger partial charge in [0.1, 0.15) is 17.3 Å². The maximum atomic E-state index is 13.7. The van der Waals surface area contributed by atoms with Gasteiger partial charge < -0.3 is 10.6 Å². The largest absolute Gasteiger partial charge is 0.324 e. The molecule has 0 aliphatic rings. The Kier molecular flexibility index (Phi) is 4.88. The lowest BCUT2D eigenvalue weighted by molar-refractivity contribution is 0.102. The van der Waals surface area contributed by atoms with Crippen LogP contribution in [0.2, 0.25) is 0 Å². The smallest absolute Gasteiger partial charge is 0.274 e. The molecule has 0 aliphatic heterocycles. The number of rotatable bonds is 4. The second-order valence-corrected chi connectivity index (χ2v) is 5.74. The lowest BCUT2D eigenvalue weighted by Gasteiger charge is -2.12. The van der Waals surface area contributed by atoms with Crippen LogP contribution in [0.1, 0.15) is 21.6 Å². The number of aryl methyl sites for hydroxylation is 2. The Balaban J connectivity index is 1.81. The van der Waals surface area contributed by atoms with Crippen LogP contribution >= 0.6 is 0 Å². The highest BCUT2D eigenvalue weighted by Crippen LogP contribution is 2.22. The lowest BCUT2D eigenvalue weighted by atomic mass is 10.1. The summed E-state index contributed by atoms with van der Waals surface area (Å²) in [5, 5.41) is 5.46. The number of carbonyl (C=O) groups excluding carboxylic acids is 1. The normalized spacial score (nSPS) is 10.5. The summed E-state index contributed by atoms with van der Waals surface area (Å²) in [6, 6.07) is 10.2. The number of para-hydroxylation sites is 1. The number of hydrogen-bond donors (Lipinski definition) is 2. The summed E-state index contributed by atoms with van der Waals surface area (Å²) in [5.41, 5.74) is 2.81. The highest BCUT2D eigenvalue weighted by molar-refractivity contribution is 6.03. The van der Waals surface area contributed by atoms with Crippen LogP contribution < -0.4 is 10.6 Å². The lowest BCUT2D eigenvalue weighted by Crippen LogP contribution is -2.16. The highest BCUT2D eigenvalue weighted by atomic mass is 19.1. The minimum Gasteiger partial charge on any atom is -0.324 e. The number of nitrogens with zero attached hydrogens (tertiary/aromatic N) is 2. The van der Waals surface area contributed by atoms with Gasteiger partial charge in [-0.25, -0.2) is 18.7 Å². The number of anilines is 3. The van der Waals surface area contributed by atoms with Gasteiger partial charge in [0.25, 0.3) is 5.91 Å². The van der Waals surface area contributed by atoms with Crippen molar-refractivity contribution < 1.29 is 13.6 Å². The van der Waals surface area contributed by atoms with Gasteiger partial charge in [-0.2, -0.15) is 0 Å². The number of hydrogen-bond acceptors (Lipinski definition) is 4. The topological polar surface area (TPSA) is 66.9 Å². The molecule has 1 heterocycles. The predicted molar refractivity (Wildman–Crippen MR) is 95.5 cm³/mol. The zero-order valence-corrected chi connectivity index (χ0v) is 14.2. The van der Waals surface area contributed by atoms with Crippen molar-refractivity contribution in [2.75, 3.05) is 10.6 Å². The molecule has 5 nitrogen and oxygen atoms in total. The molecule has 2 N–H and O–H groups in total. The van der Waals surface area contributed by atoms with Gasteiger partial charge in [-0.05, 0) is 43.2 Å². The van der Waals surface area contributed by atoms with Crippen LogP contribution in [0, 0.1) is 25.5 Å². The molecule has 0 fully saturated rings. The Morgan fingerprint density at radius 1 is 1.04 bits per heavy atom. The van der Waals surface area contributed by atoms with Gasteiger partial charge in [0.15, 0.2) is 0 Å². The molecule has 7 heteroatoms. The molecule has 0 radical (unpaired) electrons. The number of aromatic nitrogens is 2. The molecule has 0 saturated carbocycles. The SMILES string of the molecule is Cc1cccc(C)c1Nc1nccc(C(=O)Nc2ccc(F)cc2F)n1. The Bertz CT molecular complexity index is 955. The van der Waals surface area contributed by atoms with Gasteiger partial charge in [-0.1, -0.05) is 18.2 Å². The molecule has 3 aromatic rings. The van der Waals surface area contributed by atoms with E-state index in [9.17, 15) is 13.6 Å². The van der Waals surface area contributed by atoms with E-state index in [4.69, 9.17) is 0 Å². The fourth-order valence-electron chi connectivity index (χ4n) is 2.45. The van der Waals surface area contributed by atoms with Crippen LogP contribution in [-0.4, -0.2) is 15.9 Å². The summed E-state index contributed by atoms with van der Waals surface area (Å²) in [4.78, 5) is 20.6. The van der Waals surface area contributed by atoms with Crippen LogP contribution in [0.15, 0.2) is 48.7 Å². The molecule has 1 aromatic heterocycles. The van der Waals surface area contributed by atoms with Crippen molar-refractivity contribution in [2.45, 2.75) is 13.8 Å². The van der Waals surface area contributed by atoms with E-state index in [1.54, 1.807) is 0 Å². The molecule has 132 valence electrons. The predicted octanol–water partition coefficient (Wildman–Crippen LogP) is 4.37. The van der Waals surface area contributed by atoms with Gasteiger partial charge in [0.2, 0.25) is 5.95 Å². The average molecular weight is 354 g/mol. The van der Waals surface area contributed by atoms with Crippen molar-refractivity contribution in [1.29, 1.82) is 0 Å². The van der Waals surface area contributed by atoms with E-state index >= 15 is 0 Å². The first kappa shape index (κ1) is 17.5. The third kappa shape index (κ3) is 3.83. The Labute approximate surface area is 149 Å². The first-order valence-corrected chi connectivity index (χ1v) is 7.87. The van der Waals surface area contributed by atoms with E-state index in [0.29, 0.717) is 6.07 Å². The Hall–Kier alpha value is -3.35. The fraction of sp³-hybridized carbons (Fsp3) is 0.105. The third-order valence-corrected chi connectivity index (χ3v) is 3.79. The molecule has 0 bridgehead atoms. The van der Waals surface area contributed by atoms with Crippen molar-refractivity contribution >= 4 is 23.2 Å². The molecule has 0 aliphatic carbocycles. The molecular formula is C19H16F2N4O. The molecule has 26 heavy (non-hydrogen) atoms. The standard InChI is InChI=1S/C19H16F2N4O/c1-11-4-3-5-12(2)17(11)25-19-22-9-8-16(24-19)18(26)23-15-7-6-13(20)10-14(15)21/h3-10H,1-2H3,(H,23,26)(H,22,24,25). The Morgan fingerprint density at radius 2 is 1.77 bits per heavy atom. The summed E-state index contributed by atoms with van der Waals surface area (Å²) in [7, 11) is 0. The van der Waals surface area contributed by atoms with Gasteiger partial charge in [0, 0.05) is 18.0 Å². The van der Waals surface area contributed by atoms with E-state index in [1.807, 2.05) is 32.0 Å². The highest BCUT2D eigenvalue weighted by Gasteiger charge is 2.13. The van der Waals surface area contributed by atoms with Gasteiger partial charge in [-0.15, -0.1) is 0 Å². The summed E-state index contributed by atoms with van der Waals surface area (Å²) >= 11 is 0. The van der Waals surface area contributed by atoms with Gasteiger partial charge in [0.05, 0.1) is 5.69 Å². The minimum atomic E-state index is -0.860. The van der Waals surface area contributed by atoms with E-state index < -0.39 is 17.5 Å². The van der Waals surface area contributed by atoms with E-state index in [-0.39, 0.29) is 17.3 Å². The fourth-order valence-corrected chi connectivity index (χ4v) is 2.45. The molecule has 2 aromatic carbocycles. The van der Waals surface area contributed by atoms with Crippen LogP contribution in [0.5, 0.6) is 0 Å². The third-order valence-electron chi connectivity index (χ3n) is 3.79. The number of benzene rings is 2. The zero-order valence-electron chi connectivity index (χ0n) is 14.2. The maximum Gasteiger partial charge on any atom is 0.274 e. The van der Waals surface area contributed by atoms with Crippen molar-refractivity contribution in [2.24, 2.45) is 0 Å². The van der Waals surface area contributed by atoms with Crippen molar-refractivity contribution in [1.82, 2.24) is 9.97 Å². The summed E-state index contributed by atoms with van der Waals surface area (Å²) in [6.45, 7) is 3.90. The van der Waals surface area contributed by atoms with E-state index in [1.165, 1.54) is 12.3 Å². The average Bonchev–Trinajstić information content (AvgIpc) is 2.61. The molecule has 3 rings (SSSR count). The monoisotopic (exact) mass is 354 g/mol. The molecule has 0 saturated heterocycles. The first-order chi connectivity index (χ1) is 12.4. The van der Waals surface area contributed by atoms with Crippen molar-refractivity contribution in [3.8, 4) is 0 Å².